The molecule has 3 atom stereocenters. The molecule has 2 N–H and O–H groups in total. The molecule has 0 spiro atoms. The zero-order chi connectivity index (χ0) is 12.8. The van der Waals surface area contributed by atoms with Crippen molar-refractivity contribution in [3.05, 3.63) is 34.3 Å². The number of hydrogen-bond acceptors (Lipinski definition) is 2. The number of halogens is 1. The van der Waals surface area contributed by atoms with E-state index < -0.39 is 12.2 Å². The molecule has 0 bridgehead atoms. The highest BCUT2D eigenvalue weighted by Crippen LogP contribution is 2.28. The third kappa shape index (κ3) is 4.41. The van der Waals surface area contributed by atoms with Gasteiger partial charge in [-0.3, -0.25) is 0 Å². The number of aliphatic hydroxyl groups is 2. The van der Waals surface area contributed by atoms with E-state index in [2.05, 4.69) is 22.9 Å². The molecule has 1 rings (SSSR count). The van der Waals surface area contributed by atoms with Crippen LogP contribution in [0.25, 0.3) is 0 Å². The average molecular weight is 301 g/mol. The predicted molar refractivity (Wildman–Crippen MR) is 74.1 cm³/mol. The summed E-state index contributed by atoms with van der Waals surface area (Å²) in [7, 11) is 0. The van der Waals surface area contributed by atoms with Crippen LogP contribution in [0.4, 0.5) is 0 Å². The van der Waals surface area contributed by atoms with Crippen LogP contribution in [0.5, 0.6) is 0 Å². The van der Waals surface area contributed by atoms with Crippen molar-refractivity contribution in [1.29, 1.82) is 0 Å². The van der Waals surface area contributed by atoms with Crippen LogP contribution < -0.4 is 0 Å². The van der Waals surface area contributed by atoms with E-state index in [0.717, 1.165) is 10.9 Å². The lowest BCUT2D eigenvalue weighted by molar-refractivity contribution is 0.00635. The zero-order valence-corrected chi connectivity index (χ0v) is 12.0. The Bertz CT molecular complexity index is 341. The molecule has 0 amide bonds. The van der Waals surface area contributed by atoms with Gasteiger partial charge in [0.2, 0.25) is 0 Å². The molecular formula is C14H21BrO2. The van der Waals surface area contributed by atoms with E-state index in [1.807, 2.05) is 31.2 Å². The van der Waals surface area contributed by atoms with Crippen molar-refractivity contribution in [2.75, 3.05) is 0 Å². The molecule has 0 aromatic heterocycles. The Morgan fingerprint density at radius 3 is 2.41 bits per heavy atom. The van der Waals surface area contributed by atoms with Gasteiger partial charge in [0.25, 0.3) is 0 Å². The standard InChI is InChI=1S/C14H21BrO2/c1-3-6-13(16)14(17)9-10(2)11-7-4-5-8-12(11)15/h4-5,7-8,10,13-14,16-17H,3,6,9H2,1-2H3. The summed E-state index contributed by atoms with van der Waals surface area (Å²) in [5.74, 6) is 0.229. The van der Waals surface area contributed by atoms with Crippen LogP contribution in [0.15, 0.2) is 28.7 Å². The number of benzene rings is 1. The van der Waals surface area contributed by atoms with Gasteiger partial charge in [-0.15, -0.1) is 0 Å². The van der Waals surface area contributed by atoms with E-state index >= 15 is 0 Å². The van der Waals surface area contributed by atoms with E-state index in [9.17, 15) is 10.2 Å². The second-order valence-corrected chi connectivity index (χ2v) is 5.44. The first-order chi connectivity index (χ1) is 8.06. The summed E-state index contributed by atoms with van der Waals surface area (Å²) in [4.78, 5) is 0. The van der Waals surface area contributed by atoms with E-state index in [-0.39, 0.29) is 5.92 Å². The average Bonchev–Trinajstić information content (AvgIpc) is 2.29. The minimum absolute atomic E-state index is 0.229. The summed E-state index contributed by atoms with van der Waals surface area (Å²) in [6, 6.07) is 8.02. The lowest BCUT2D eigenvalue weighted by Crippen LogP contribution is -2.27. The van der Waals surface area contributed by atoms with Crippen molar-refractivity contribution in [1.82, 2.24) is 0 Å². The molecule has 0 aliphatic rings. The van der Waals surface area contributed by atoms with Crippen LogP contribution >= 0.6 is 15.9 Å². The first-order valence-electron chi connectivity index (χ1n) is 6.16. The van der Waals surface area contributed by atoms with Crippen LogP contribution in [0.1, 0.15) is 44.6 Å². The summed E-state index contributed by atoms with van der Waals surface area (Å²) in [6.07, 6.45) is 0.886. The first kappa shape index (κ1) is 14.7. The fourth-order valence-electron chi connectivity index (χ4n) is 2.01. The third-order valence-electron chi connectivity index (χ3n) is 3.06. The van der Waals surface area contributed by atoms with Gasteiger partial charge in [0.05, 0.1) is 12.2 Å². The van der Waals surface area contributed by atoms with Gasteiger partial charge >= 0.3 is 0 Å². The Kier molecular flexibility index (Phi) is 6.17. The van der Waals surface area contributed by atoms with E-state index in [4.69, 9.17) is 0 Å². The summed E-state index contributed by atoms with van der Waals surface area (Å²) in [5.41, 5.74) is 1.18. The largest absolute Gasteiger partial charge is 0.390 e. The third-order valence-corrected chi connectivity index (χ3v) is 3.78. The molecule has 2 nitrogen and oxygen atoms in total. The molecule has 3 unspecified atom stereocenters. The van der Waals surface area contributed by atoms with Gasteiger partial charge in [0.15, 0.2) is 0 Å². The van der Waals surface area contributed by atoms with E-state index in [1.54, 1.807) is 0 Å². The van der Waals surface area contributed by atoms with Gasteiger partial charge in [0, 0.05) is 4.47 Å². The fourth-order valence-corrected chi connectivity index (χ4v) is 2.68. The Hall–Kier alpha value is -0.380. The Morgan fingerprint density at radius 2 is 1.82 bits per heavy atom. The summed E-state index contributed by atoms with van der Waals surface area (Å²) in [6.45, 7) is 4.08. The molecule has 96 valence electrons. The Morgan fingerprint density at radius 1 is 1.18 bits per heavy atom. The van der Waals surface area contributed by atoms with Crippen LogP contribution in [0.3, 0.4) is 0 Å². The molecule has 0 fully saturated rings. The summed E-state index contributed by atoms with van der Waals surface area (Å²) < 4.78 is 1.06. The quantitative estimate of drug-likeness (QED) is 0.844. The molecule has 3 heteroatoms. The smallest absolute Gasteiger partial charge is 0.0804 e. The van der Waals surface area contributed by atoms with Crippen molar-refractivity contribution in [2.45, 2.75) is 51.2 Å². The van der Waals surface area contributed by atoms with Gasteiger partial charge < -0.3 is 10.2 Å². The fraction of sp³-hybridized carbons (Fsp3) is 0.571. The minimum Gasteiger partial charge on any atom is -0.390 e. The van der Waals surface area contributed by atoms with Gasteiger partial charge in [-0.05, 0) is 30.4 Å². The number of rotatable bonds is 6. The predicted octanol–water partition coefficient (Wildman–Crippen LogP) is 3.46. The topological polar surface area (TPSA) is 40.5 Å². The minimum atomic E-state index is -0.642. The Labute approximate surface area is 112 Å². The Balaban J connectivity index is 2.60. The van der Waals surface area contributed by atoms with Crippen molar-refractivity contribution >= 4 is 15.9 Å². The maximum atomic E-state index is 9.91. The molecule has 0 aliphatic carbocycles. The van der Waals surface area contributed by atoms with Crippen LogP contribution in [0.2, 0.25) is 0 Å². The van der Waals surface area contributed by atoms with Crippen molar-refractivity contribution in [3.63, 3.8) is 0 Å². The highest BCUT2D eigenvalue weighted by molar-refractivity contribution is 9.10. The van der Waals surface area contributed by atoms with E-state index in [0.29, 0.717) is 12.8 Å². The van der Waals surface area contributed by atoms with Crippen LogP contribution in [-0.2, 0) is 0 Å². The maximum Gasteiger partial charge on any atom is 0.0804 e. The van der Waals surface area contributed by atoms with Crippen molar-refractivity contribution in [3.8, 4) is 0 Å². The zero-order valence-electron chi connectivity index (χ0n) is 10.4. The normalized spacial score (nSPS) is 16.5. The maximum absolute atomic E-state index is 9.91. The van der Waals surface area contributed by atoms with Gasteiger partial charge in [-0.25, -0.2) is 0 Å². The summed E-state index contributed by atoms with van der Waals surface area (Å²) >= 11 is 3.51. The lowest BCUT2D eigenvalue weighted by Gasteiger charge is -2.21. The molecule has 0 aliphatic heterocycles. The van der Waals surface area contributed by atoms with Crippen molar-refractivity contribution < 1.29 is 10.2 Å². The van der Waals surface area contributed by atoms with E-state index in [1.165, 1.54) is 5.56 Å². The van der Waals surface area contributed by atoms with Crippen molar-refractivity contribution in [2.24, 2.45) is 0 Å². The molecule has 0 saturated carbocycles. The van der Waals surface area contributed by atoms with Crippen LogP contribution in [-0.4, -0.2) is 22.4 Å². The molecular weight excluding hydrogens is 280 g/mol. The second kappa shape index (κ2) is 7.14. The molecule has 1 aromatic carbocycles. The number of hydrogen-bond donors (Lipinski definition) is 2. The second-order valence-electron chi connectivity index (χ2n) is 4.58. The summed E-state index contributed by atoms with van der Waals surface area (Å²) in [5, 5.41) is 19.6. The molecule has 0 radical (unpaired) electrons. The molecule has 1 aromatic rings. The monoisotopic (exact) mass is 300 g/mol. The highest BCUT2D eigenvalue weighted by Gasteiger charge is 2.20. The number of aliphatic hydroxyl groups excluding tert-OH is 2. The molecule has 17 heavy (non-hydrogen) atoms. The first-order valence-corrected chi connectivity index (χ1v) is 6.96. The van der Waals surface area contributed by atoms with Gasteiger partial charge in [-0.1, -0.05) is 54.4 Å². The highest BCUT2D eigenvalue weighted by atomic mass is 79.9. The van der Waals surface area contributed by atoms with Gasteiger partial charge in [0.1, 0.15) is 0 Å². The lowest BCUT2D eigenvalue weighted by atomic mass is 9.92. The van der Waals surface area contributed by atoms with Crippen LogP contribution in [0, 0.1) is 0 Å². The van der Waals surface area contributed by atoms with Gasteiger partial charge in [-0.2, -0.15) is 0 Å². The molecule has 0 saturated heterocycles. The molecule has 0 heterocycles. The SMILES string of the molecule is CCCC(O)C(O)CC(C)c1ccccc1Br.